The van der Waals surface area contributed by atoms with Crippen molar-refractivity contribution in [1.82, 2.24) is 4.90 Å². The molecule has 0 aliphatic carbocycles. The smallest absolute Gasteiger partial charge is 0.232 e. The Morgan fingerprint density at radius 3 is 2.29 bits per heavy atom. The van der Waals surface area contributed by atoms with Gasteiger partial charge in [-0.15, -0.1) is 12.4 Å². The van der Waals surface area contributed by atoms with Crippen LogP contribution in [0.4, 0.5) is 5.69 Å². The number of hydrogen-bond donors (Lipinski definition) is 0. The Hall–Kier alpha value is -2.54. The van der Waals surface area contributed by atoms with E-state index in [2.05, 4.69) is 41.3 Å². The quantitative estimate of drug-likeness (QED) is 0.424. The van der Waals surface area contributed by atoms with E-state index in [-0.39, 0.29) is 12.4 Å². The summed E-state index contributed by atoms with van der Waals surface area (Å²) in [6, 6.07) is 24.4. The summed E-state index contributed by atoms with van der Waals surface area (Å²) in [4.78, 5) is 2.14. The molecule has 0 fully saturated rings. The van der Waals surface area contributed by atoms with Crippen LogP contribution in [-0.2, 0) is 23.1 Å². The van der Waals surface area contributed by atoms with E-state index in [1.807, 2.05) is 50.5 Å². The van der Waals surface area contributed by atoms with Crippen LogP contribution in [0.25, 0.3) is 11.1 Å². The Labute approximate surface area is 209 Å². The van der Waals surface area contributed by atoms with Crippen molar-refractivity contribution in [3.05, 3.63) is 83.9 Å². The molecule has 7 heteroatoms. The number of fused-ring (bicyclic) bond motifs is 1. The number of anilines is 1. The third kappa shape index (κ3) is 6.53. The van der Waals surface area contributed by atoms with Crippen molar-refractivity contribution >= 4 is 28.1 Å². The molecule has 182 valence electrons. The molecule has 3 aromatic rings. The number of nitrogens with zero attached hydrogens (tertiary/aromatic N) is 2. The molecule has 0 saturated heterocycles. The van der Waals surface area contributed by atoms with Crippen LogP contribution < -0.4 is 9.04 Å². The molecule has 1 heterocycles. The van der Waals surface area contributed by atoms with Crippen LogP contribution in [0.5, 0.6) is 5.75 Å². The van der Waals surface area contributed by atoms with Gasteiger partial charge in [0.05, 0.1) is 11.9 Å². The van der Waals surface area contributed by atoms with Crippen molar-refractivity contribution in [2.24, 2.45) is 5.92 Å². The largest absolute Gasteiger partial charge is 0.489 e. The van der Waals surface area contributed by atoms with Crippen LogP contribution in [0, 0.1) is 5.92 Å². The first-order valence-electron chi connectivity index (χ1n) is 11.3. The van der Waals surface area contributed by atoms with Crippen LogP contribution in [-0.4, -0.2) is 46.8 Å². The molecule has 1 unspecified atom stereocenters. The summed E-state index contributed by atoms with van der Waals surface area (Å²) in [6.45, 7) is 1.89. The number of rotatable bonds is 8. The van der Waals surface area contributed by atoms with Crippen molar-refractivity contribution in [1.29, 1.82) is 0 Å². The fraction of sp³-hybridized carbons (Fsp3) is 0.333. The molecular weight excluding hydrogens is 468 g/mol. The highest BCUT2D eigenvalue weighted by Crippen LogP contribution is 2.35. The lowest BCUT2D eigenvalue weighted by atomic mass is 9.91. The van der Waals surface area contributed by atoms with Gasteiger partial charge < -0.3 is 9.64 Å². The number of halogens is 1. The van der Waals surface area contributed by atoms with Gasteiger partial charge in [-0.1, -0.05) is 60.7 Å². The molecule has 1 atom stereocenters. The predicted molar refractivity (Wildman–Crippen MR) is 142 cm³/mol. The average Bonchev–Trinajstić information content (AvgIpc) is 2.81. The maximum absolute atomic E-state index is 12.5. The molecule has 5 nitrogen and oxygen atoms in total. The van der Waals surface area contributed by atoms with Gasteiger partial charge in [-0.05, 0) is 67.7 Å². The fourth-order valence-electron chi connectivity index (χ4n) is 4.29. The molecule has 3 aromatic carbocycles. The standard InChI is InChI=1S/C27H32N2O3S.ClH/c1-28(2)16-15-22-17-25-13-14-26(18-27(25)29(19-22)33(3,30)31)32-20-21-9-11-24(12-10-21)23-7-5-4-6-8-23;/h4-14,18,22H,15-17,19-20H2,1-3H3;1H. The van der Waals surface area contributed by atoms with Crippen molar-refractivity contribution in [2.45, 2.75) is 19.4 Å². The summed E-state index contributed by atoms with van der Waals surface area (Å²) in [6.07, 6.45) is 3.14. The monoisotopic (exact) mass is 500 g/mol. The summed E-state index contributed by atoms with van der Waals surface area (Å²) in [5.41, 5.74) is 5.23. The summed E-state index contributed by atoms with van der Waals surface area (Å²) >= 11 is 0. The number of sulfonamides is 1. The van der Waals surface area contributed by atoms with Crippen LogP contribution >= 0.6 is 12.4 Å². The Bertz CT molecular complexity index is 1180. The van der Waals surface area contributed by atoms with Gasteiger partial charge in [-0.25, -0.2) is 8.42 Å². The van der Waals surface area contributed by atoms with E-state index in [0.717, 1.165) is 36.2 Å². The van der Waals surface area contributed by atoms with Crippen molar-refractivity contribution in [3.63, 3.8) is 0 Å². The second-order valence-electron chi connectivity index (χ2n) is 9.10. The highest BCUT2D eigenvalue weighted by atomic mass is 35.5. The van der Waals surface area contributed by atoms with Gasteiger partial charge in [0.2, 0.25) is 10.0 Å². The molecule has 0 radical (unpaired) electrons. The van der Waals surface area contributed by atoms with Crippen LogP contribution in [0.1, 0.15) is 17.5 Å². The maximum Gasteiger partial charge on any atom is 0.232 e. The Morgan fingerprint density at radius 2 is 1.65 bits per heavy atom. The second-order valence-corrected chi connectivity index (χ2v) is 11.0. The topological polar surface area (TPSA) is 49.9 Å². The van der Waals surface area contributed by atoms with Crippen molar-refractivity contribution < 1.29 is 13.2 Å². The maximum atomic E-state index is 12.5. The predicted octanol–water partition coefficient (Wildman–Crippen LogP) is 5.24. The van der Waals surface area contributed by atoms with Gasteiger partial charge in [0.1, 0.15) is 12.4 Å². The molecule has 0 amide bonds. The lowest BCUT2D eigenvalue weighted by Gasteiger charge is -2.35. The summed E-state index contributed by atoms with van der Waals surface area (Å²) in [5, 5.41) is 0. The van der Waals surface area contributed by atoms with Crippen LogP contribution in [0.15, 0.2) is 72.8 Å². The zero-order chi connectivity index (χ0) is 23.4. The first kappa shape index (κ1) is 26.1. The van der Waals surface area contributed by atoms with Gasteiger partial charge >= 0.3 is 0 Å². The molecule has 0 N–H and O–H groups in total. The number of benzene rings is 3. The van der Waals surface area contributed by atoms with E-state index in [0.29, 0.717) is 24.8 Å². The molecule has 1 aliphatic heterocycles. The number of hydrogen-bond acceptors (Lipinski definition) is 4. The summed E-state index contributed by atoms with van der Waals surface area (Å²) < 4.78 is 32.7. The second kappa shape index (κ2) is 11.3. The normalized spacial score (nSPS) is 15.5. The Kier molecular flexibility index (Phi) is 8.63. The minimum absolute atomic E-state index is 0. The molecule has 1 aliphatic rings. The first-order chi connectivity index (χ1) is 15.8. The Morgan fingerprint density at radius 1 is 0.971 bits per heavy atom. The lowest BCUT2D eigenvalue weighted by molar-refractivity contribution is 0.306. The molecule has 0 spiro atoms. The molecule has 4 rings (SSSR count). The van der Waals surface area contributed by atoms with E-state index < -0.39 is 10.0 Å². The van der Waals surface area contributed by atoms with E-state index in [4.69, 9.17) is 4.74 Å². The number of ether oxygens (including phenoxy) is 1. The van der Waals surface area contributed by atoms with E-state index in [1.54, 1.807) is 4.31 Å². The van der Waals surface area contributed by atoms with Crippen LogP contribution in [0.2, 0.25) is 0 Å². The van der Waals surface area contributed by atoms with Crippen molar-refractivity contribution in [3.8, 4) is 16.9 Å². The Balaban J connectivity index is 0.00000324. The SMILES string of the molecule is CN(C)CCC1Cc2ccc(OCc3ccc(-c4ccccc4)cc3)cc2N(S(C)(=O)=O)C1.Cl. The van der Waals surface area contributed by atoms with E-state index >= 15 is 0 Å². The van der Waals surface area contributed by atoms with Gasteiger partial charge in [0.25, 0.3) is 0 Å². The zero-order valence-electron chi connectivity index (χ0n) is 20.0. The minimum atomic E-state index is -3.36. The van der Waals surface area contributed by atoms with Crippen molar-refractivity contribution in [2.75, 3.05) is 37.7 Å². The first-order valence-corrected chi connectivity index (χ1v) is 13.2. The molecule has 34 heavy (non-hydrogen) atoms. The fourth-order valence-corrected chi connectivity index (χ4v) is 5.29. The zero-order valence-corrected chi connectivity index (χ0v) is 21.6. The third-order valence-corrected chi connectivity index (χ3v) is 7.26. The van der Waals surface area contributed by atoms with E-state index in [1.165, 1.54) is 17.4 Å². The molecule has 0 bridgehead atoms. The van der Waals surface area contributed by atoms with Gasteiger partial charge in [-0.2, -0.15) is 0 Å². The molecule has 0 aromatic heterocycles. The summed E-state index contributed by atoms with van der Waals surface area (Å²) in [7, 11) is 0.730. The highest BCUT2D eigenvalue weighted by molar-refractivity contribution is 7.92. The van der Waals surface area contributed by atoms with Crippen LogP contribution in [0.3, 0.4) is 0 Å². The van der Waals surface area contributed by atoms with Gasteiger partial charge in [0.15, 0.2) is 0 Å². The summed E-state index contributed by atoms with van der Waals surface area (Å²) in [5.74, 6) is 0.991. The average molecular weight is 501 g/mol. The minimum Gasteiger partial charge on any atom is -0.489 e. The van der Waals surface area contributed by atoms with Gasteiger partial charge in [0, 0.05) is 12.6 Å². The molecule has 0 saturated carbocycles. The highest BCUT2D eigenvalue weighted by Gasteiger charge is 2.30. The molecular formula is C27H33ClN2O3S. The third-order valence-electron chi connectivity index (χ3n) is 6.11. The van der Waals surface area contributed by atoms with E-state index in [9.17, 15) is 8.42 Å². The lowest BCUT2D eigenvalue weighted by Crippen LogP contribution is -2.40. The van der Waals surface area contributed by atoms with Gasteiger partial charge in [-0.3, -0.25) is 4.31 Å².